The van der Waals surface area contributed by atoms with Gasteiger partial charge in [-0.05, 0) is 48.7 Å². The van der Waals surface area contributed by atoms with E-state index in [1.54, 1.807) is 26.0 Å². The third-order valence-corrected chi connectivity index (χ3v) is 6.76. The molecule has 2 rings (SSSR count). The maximum atomic E-state index is 12.5. The lowest BCUT2D eigenvalue weighted by molar-refractivity contribution is 0.0940. The van der Waals surface area contributed by atoms with Crippen molar-refractivity contribution in [3.63, 3.8) is 0 Å². The number of carbonyl (C=O) groups is 1. The molecular weight excluding hydrogens is 360 g/mol. The maximum Gasteiger partial charge on any atom is 0.251 e. The van der Waals surface area contributed by atoms with Crippen LogP contribution >= 0.6 is 0 Å². The predicted molar refractivity (Wildman–Crippen MR) is 108 cm³/mol. The largest absolute Gasteiger partial charge is 0.346 e. The van der Waals surface area contributed by atoms with Gasteiger partial charge in [0.2, 0.25) is 10.0 Å². The Kier molecular flexibility index (Phi) is 7.16. The lowest BCUT2D eigenvalue weighted by atomic mass is 10.0. The fourth-order valence-corrected chi connectivity index (χ4v) is 4.35. The zero-order chi connectivity index (χ0) is 20.0. The van der Waals surface area contributed by atoms with E-state index in [9.17, 15) is 13.2 Å². The number of sulfonamides is 1. The molecule has 0 saturated carbocycles. The van der Waals surface area contributed by atoms with Gasteiger partial charge in [0.05, 0.1) is 10.9 Å². The maximum absolute atomic E-state index is 12.5. The van der Waals surface area contributed by atoms with E-state index in [2.05, 4.69) is 24.4 Å². The van der Waals surface area contributed by atoms with E-state index in [0.29, 0.717) is 18.7 Å². The summed E-state index contributed by atoms with van der Waals surface area (Å²) in [4.78, 5) is 12.7. The normalized spacial score (nSPS) is 12.8. The highest BCUT2D eigenvalue weighted by Gasteiger charge is 2.21. The van der Waals surface area contributed by atoms with Gasteiger partial charge in [0.25, 0.3) is 5.91 Å². The molecule has 0 aliphatic rings. The molecule has 2 aromatic carbocycles. The minimum Gasteiger partial charge on any atom is -0.346 e. The molecule has 0 heterocycles. The van der Waals surface area contributed by atoms with E-state index in [0.717, 1.165) is 12.0 Å². The first kappa shape index (κ1) is 21.1. The SMILES string of the molecule is CCc1ccc(C(C)NC(=O)c2ccc(S(=O)(=O)N(CC)CC)cc2)cc1. The summed E-state index contributed by atoms with van der Waals surface area (Å²) in [7, 11) is -3.51. The number of hydrogen-bond acceptors (Lipinski definition) is 3. The van der Waals surface area contributed by atoms with Crippen LogP contribution in [0.25, 0.3) is 0 Å². The van der Waals surface area contributed by atoms with Gasteiger partial charge in [-0.3, -0.25) is 4.79 Å². The minimum atomic E-state index is -3.51. The van der Waals surface area contributed by atoms with Crippen LogP contribution in [0.1, 0.15) is 55.2 Å². The van der Waals surface area contributed by atoms with Crippen molar-refractivity contribution >= 4 is 15.9 Å². The van der Waals surface area contributed by atoms with Crippen LogP contribution in [0, 0.1) is 0 Å². The van der Waals surface area contributed by atoms with Crippen LogP contribution < -0.4 is 5.32 Å². The Labute approximate surface area is 162 Å². The average Bonchev–Trinajstić information content (AvgIpc) is 2.68. The molecule has 5 nitrogen and oxygen atoms in total. The van der Waals surface area contributed by atoms with Crippen molar-refractivity contribution in [1.82, 2.24) is 9.62 Å². The molecule has 1 unspecified atom stereocenters. The second kappa shape index (κ2) is 9.15. The lowest BCUT2D eigenvalue weighted by Crippen LogP contribution is -2.30. The smallest absolute Gasteiger partial charge is 0.251 e. The monoisotopic (exact) mass is 388 g/mol. The third-order valence-electron chi connectivity index (χ3n) is 4.70. The van der Waals surface area contributed by atoms with E-state index in [1.165, 1.54) is 22.0 Å². The second-order valence-electron chi connectivity index (χ2n) is 6.40. The molecule has 1 amide bonds. The van der Waals surface area contributed by atoms with Gasteiger partial charge >= 0.3 is 0 Å². The molecule has 2 aromatic rings. The number of rotatable bonds is 8. The number of nitrogens with one attached hydrogen (secondary N) is 1. The average molecular weight is 389 g/mol. The van der Waals surface area contributed by atoms with Crippen LogP contribution in [0.4, 0.5) is 0 Å². The molecule has 0 radical (unpaired) electrons. The molecule has 0 bridgehead atoms. The fraction of sp³-hybridized carbons (Fsp3) is 0.381. The Hall–Kier alpha value is -2.18. The summed E-state index contributed by atoms with van der Waals surface area (Å²) in [5, 5.41) is 2.95. The number of nitrogens with zero attached hydrogens (tertiary/aromatic N) is 1. The topological polar surface area (TPSA) is 66.5 Å². The Morgan fingerprint density at radius 3 is 2.00 bits per heavy atom. The number of benzene rings is 2. The quantitative estimate of drug-likeness (QED) is 0.748. The standard InChI is InChI=1S/C21H28N2O3S/c1-5-17-8-10-18(11-9-17)16(4)22-21(24)19-12-14-20(15-13-19)27(25,26)23(6-2)7-3/h8-16H,5-7H2,1-4H3,(H,22,24). The molecule has 0 spiro atoms. The Morgan fingerprint density at radius 2 is 1.52 bits per heavy atom. The van der Waals surface area contributed by atoms with Crippen LogP contribution in [-0.4, -0.2) is 31.7 Å². The number of amides is 1. The van der Waals surface area contributed by atoms with Crippen LogP contribution in [0.5, 0.6) is 0 Å². The van der Waals surface area contributed by atoms with E-state index >= 15 is 0 Å². The molecule has 0 aliphatic heterocycles. The summed E-state index contributed by atoms with van der Waals surface area (Å²) >= 11 is 0. The molecule has 27 heavy (non-hydrogen) atoms. The minimum absolute atomic E-state index is 0.137. The Bertz CT molecular complexity index is 855. The lowest BCUT2D eigenvalue weighted by Gasteiger charge is -2.18. The fourth-order valence-electron chi connectivity index (χ4n) is 2.90. The molecule has 1 atom stereocenters. The third kappa shape index (κ3) is 4.96. The Balaban J connectivity index is 2.10. The van der Waals surface area contributed by atoms with Gasteiger partial charge in [-0.2, -0.15) is 4.31 Å². The molecular formula is C21H28N2O3S. The summed E-state index contributed by atoms with van der Waals surface area (Å²) in [5.74, 6) is -0.228. The van der Waals surface area contributed by atoms with Crippen molar-refractivity contribution in [2.24, 2.45) is 0 Å². The molecule has 6 heteroatoms. The highest BCUT2D eigenvalue weighted by atomic mass is 32.2. The molecule has 0 saturated heterocycles. The first-order valence-electron chi connectivity index (χ1n) is 9.33. The molecule has 1 N–H and O–H groups in total. The highest BCUT2D eigenvalue weighted by molar-refractivity contribution is 7.89. The Morgan fingerprint density at radius 1 is 0.963 bits per heavy atom. The highest BCUT2D eigenvalue weighted by Crippen LogP contribution is 2.18. The predicted octanol–water partition coefficient (Wildman–Crippen LogP) is 3.77. The van der Waals surface area contributed by atoms with Crippen molar-refractivity contribution in [3.8, 4) is 0 Å². The summed E-state index contributed by atoms with van der Waals surface area (Å²) < 4.78 is 26.4. The van der Waals surface area contributed by atoms with E-state index < -0.39 is 10.0 Å². The van der Waals surface area contributed by atoms with Gasteiger partial charge in [0, 0.05) is 18.7 Å². The number of aryl methyl sites for hydroxylation is 1. The number of carbonyl (C=O) groups excluding carboxylic acids is 1. The van der Waals surface area contributed by atoms with Gasteiger partial charge in [0.15, 0.2) is 0 Å². The summed E-state index contributed by atoms with van der Waals surface area (Å²) in [6.45, 7) is 8.46. The van der Waals surface area contributed by atoms with Crippen molar-refractivity contribution in [3.05, 3.63) is 65.2 Å². The summed E-state index contributed by atoms with van der Waals surface area (Å²) in [5.41, 5.74) is 2.72. The van der Waals surface area contributed by atoms with E-state index in [4.69, 9.17) is 0 Å². The van der Waals surface area contributed by atoms with Crippen LogP contribution in [0.2, 0.25) is 0 Å². The first-order chi connectivity index (χ1) is 12.8. The van der Waals surface area contributed by atoms with Gasteiger partial charge in [-0.15, -0.1) is 0 Å². The van der Waals surface area contributed by atoms with Crippen molar-refractivity contribution in [1.29, 1.82) is 0 Å². The van der Waals surface area contributed by atoms with Crippen molar-refractivity contribution in [2.45, 2.75) is 45.1 Å². The summed E-state index contributed by atoms with van der Waals surface area (Å²) in [6.07, 6.45) is 0.976. The zero-order valence-corrected chi connectivity index (χ0v) is 17.2. The summed E-state index contributed by atoms with van der Waals surface area (Å²) in [6, 6.07) is 14.1. The second-order valence-corrected chi connectivity index (χ2v) is 8.34. The van der Waals surface area contributed by atoms with E-state index in [1.807, 2.05) is 19.1 Å². The van der Waals surface area contributed by atoms with Crippen LogP contribution in [0.3, 0.4) is 0 Å². The van der Waals surface area contributed by atoms with Crippen LogP contribution in [-0.2, 0) is 16.4 Å². The first-order valence-corrected chi connectivity index (χ1v) is 10.8. The zero-order valence-electron chi connectivity index (χ0n) is 16.4. The molecule has 146 valence electrons. The van der Waals surface area contributed by atoms with Crippen molar-refractivity contribution in [2.75, 3.05) is 13.1 Å². The van der Waals surface area contributed by atoms with Gasteiger partial charge in [-0.1, -0.05) is 45.0 Å². The molecule has 0 aromatic heterocycles. The molecule has 0 aliphatic carbocycles. The van der Waals surface area contributed by atoms with E-state index in [-0.39, 0.29) is 16.8 Å². The van der Waals surface area contributed by atoms with Gasteiger partial charge in [-0.25, -0.2) is 8.42 Å². The van der Waals surface area contributed by atoms with Crippen LogP contribution in [0.15, 0.2) is 53.4 Å². The molecule has 0 fully saturated rings. The van der Waals surface area contributed by atoms with Crippen molar-refractivity contribution < 1.29 is 13.2 Å². The van der Waals surface area contributed by atoms with Gasteiger partial charge < -0.3 is 5.32 Å². The van der Waals surface area contributed by atoms with Gasteiger partial charge in [0.1, 0.15) is 0 Å². The number of hydrogen-bond donors (Lipinski definition) is 1.